The van der Waals surface area contributed by atoms with Crippen molar-refractivity contribution in [3.63, 3.8) is 0 Å². The third-order valence-corrected chi connectivity index (χ3v) is 4.34. The molecule has 1 aliphatic heterocycles. The molecule has 24 heavy (non-hydrogen) atoms. The van der Waals surface area contributed by atoms with Crippen LogP contribution in [0, 0.1) is 5.82 Å². The summed E-state index contributed by atoms with van der Waals surface area (Å²) in [5, 5.41) is 7.03. The van der Waals surface area contributed by atoms with Gasteiger partial charge in [0.25, 0.3) is 5.91 Å². The Morgan fingerprint density at radius 1 is 1.38 bits per heavy atom. The third-order valence-electron chi connectivity index (χ3n) is 3.36. The molecule has 124 valence electrons. The van der Waals surface area contributed by atoms with Crippen molar-refractivity contribution in [3.8, 4) is 0 Å². The van der Waals surface area contributed by atoms with Crippen molar-refractivity contribution >= 4 is 33.9 Å². The highest BCUT2D eigenvalue weighted by atomic mass is 32.1. The van der Waals surface area contributed by atoms with Gasteiger partial charge < -0.3 is 14.9 Å². The number of benzene rings is 1. The van der Waals surface area contributed by atoms with Gasteiger partial charge in [0.05, 0.1) is 17.8 Å². The van der Waals surface area contributed by atoms with E-state index in [2.05, 4.69) is 15.2 Å². The van der Waals surface area contributed by atoms with Gasteiger partial charge in [-0.3, -0.25) is 4.79 Å². The van der Waals surface area contributed by atoms with Gasteiger partial charge in [-0.25, -0.2) is 9.18 Å². The molecule has 1 N–H and O–H groups in total. The molecule has 1 aromatic heterocycles. The summed E-state index contributed by atoms with van der Waals surface area (Å²) < 4.78 is 17.9. The van der Waals surface area contributed by atoms with E-state index in [1.807, 2.05) is 0 Å². The highest BCUT2D eigenvalue weighted by molar-refractivity contribution is 7.18. The second-order valence-corrected chi connectivity index (χ2v) is 6.08. The van der Waals surface area contributed by atoms with Gasteiger partial charge in [-0.15, -0.1) is 11.3 Å². The van der Waals surface area contributed by atoms with Gasteiger partial charge in [-0.05, 0) is 24.3 Å². The average Bonchev–Trinajstić information content (AvgIpc) is 3.23. The van der Waals surface area contributed by atoms with Gasteiger partial charge in [0.1, 0.15) is 10.7 Å². The number of thiophene rings is 1. The van der Waals surface area contributed by atoms with E-state index in [0.717, 1.165) is 11.3 Å². The number of oxime groups is 1. The molecule has 0 fully saturated rings. The minimum Gasteiger partial charge on any atom is -0.465 e. The van der Waals surface area contributed by atoms with E-state index in [4.69, 9.17) is 4.84 Å². The van der Waals surface area contributed by atoms with Crippen molar-refractivity contribution in [2.45, 2.75) is 12.5 Å². The van der Waals surface area contributed by atoms with Crippen LogP contribution in [0.4, 0.5) is 9.39 Å². The molecular formula is C16H13FN2O4S. The van der Waals surface area contributed by atoms with Crippen LogP contribution in [0.2, 0.25) is 0 Å². The fourth-order valence-electron chi connectivity index (χ4n) is 2.17. The number of ether oxygens (including phenoxy) is 1. The Morgan fingerprint density at radius 2 is 2.21 bits per heavy atom. The Labute approximate surface area is 140 Å². The number of methoxy groups -OCH3 is 1. The molecule has 1 aliphatic rings. The molecule has 1 aromatic carbocycles. The maximum Gasteiger partial charge on any atom is 0.348 e. The standard InChI is InChI=1S/C16H13FN2O4S/c1-22-16(21)13-5-6-14(24-13)18-15(20)12-8-11(19-23-12)9-3-2-4-10(17)7-9/h2-7,12H,8H2,1H3,(H,18,20)/t12-/m0/s1. The second kappa shape index (κ2) is 6.79. The SMILES string of the molecule is COC(=O)c1ccc(NC(=O)[C@@H]2CC(c3cccc(F)c3)=NO2)s1. The van der Waals surface area contributed by atoms with E-state index in [1.165, 1.54) is 19.2 Å². The van der Waals surface area contributed by atoms with Crippen molar-refractivity contribution in [2.24, 2.45) is 5.16 Å². The van der Waals surface area contributed by atoms with Gasteiger partial charge >= 0.3 is 5.97 Å². The van der Waals surface area contributed by atoms with Crippen molar-refractivity contribution in [3.05, 3.63) is 52.7 Å². The van der Waals surface area contributed by atoms with Crippen molar-refractivity contribution in [1.82, 2.24) is 0 Å². The lowest BCUT2D eigenvalue weighted by atomic mass is 10.0. The topological polar surface area (TPSA) is 77.0 Å². The van der Waals surface area contributed by atoms with E-state index in [9.17, 15) is 14.0 Å². The number of anilines is 1. The Bertz CT molecular complexity index is 818. The number of nitrogens with zero attached hydrogens (tertiary/aromatic N) is 1. The maximum atomic E-state index is 13.2. The number of carbonyl (C=O) groups excluding carboxylic acids is 2. The first-order chi connectivity index (χ1) is 11.6. The molecule has 0 radical (unpaired) electrons. The van der Waals surface area contributed by atoms with E-state index in [-0.39, 0.29) is 18.1 Å². The van der Waals surface area contributed by atoms with Gasteiger partial charge in [-0.1, -0.05) is 17.3 Å². The Kier molecular flexibility index (Phi) is 4.57. The van der Waals surface area contributed by atoms with Crippen LogP contribution in [0.5, 0.6) is 0 Å². The lowest BCUT2D eigenvalue weighted by Gasteiger charge is -2.07. The average molecular weight is 348 g/mol. The summed E-state index contributed by atoms with van der Waals surface area (Å²) in [5.74, 6) is -1.23. The van der Waals surface area contributed by atoms with Gasteiger partial charge in [0.15, 0.2) is 0 Å². The Balaban J connectivity index is 1.61. The zero-order chi connectivity index (χ0) is 17.1. The molecule has 0 saturated heterocycles. The number of esters is 1. The summed E-state index contributed by atoms with van der Waals surface area (Å²) in [6.07, 6.45) is -0.559. The first kappa shape index (κ1) is 16.1. The van der Waals surface area contributed by atoms with Crippen LogP contribution in [0.15, 0.2) is 41.6 Å². The summed E-state index contributed by atoms with van der Waals surface area (Å²) in [6, 6.07) is 9.12. The largest absolute Gasteiger partial charge is 0.465 e. The smallest absolute Gasteiger partial charge is 0.348 e. The fraction of sp³-hybridized carbons (Fsp3) is 0.188. The first-order valence-corrected chi connectivity index (χ1v) is 7.86. The molecule has 2 heterocycles. The van der Waals surface area contributed by atoms with Gasteiger partial charge in [-0.2, -0.15) is 0 Å². The predicted octanol–water partition coefficient (Wildman–Crippen LogP) is 2.81. The van der Waals surface area contributed by atoms with E-state index >= 15 is 0 Å². The number of halogens is 1. The quantitative estimate of drug-likeness (QED) is 0.862. The van der Waals surface area contributed by atoms with Crippen LogP contribution < -0.4 is 5.32 Å². The lowest BCUT2D eigenvalue weighted by Crippen LogP contribution is -2.27. The van der Waals surface area contributed by atoms with Crippen molar-refractivity contribution in [2.75, 3.05) is 12.4 Å². The number of amides is 1. The number of rotatable bonds is 4. The van der Waals surface area contributed by atoms with Crippen molar-refractivity contribution in [1.29, 1.82) is 0 Å². The summed E-state index contributed by atoms with van der Waals surface area (Å²) in [6.45, 7) is 0. The van der Waals surface area contributed by atoms with E-state index < -0.39 is 12.1 Å². The lowest BCUT2D eigenvalue weighted by molar-refractivity contribution is -0.125. The third kappa shape index (κ3) is 3.43. The van der Waals surface area contributed by atoms with Crippen molar-refractivity contribution < 1.29 is 23.6 Å². The summed E-state index contributed by atoms with van der Waals surface area (Å²) in [7, 11) is 1.29. The molecule has 2 aromatic rings. The van der Waals surface area contributed by atoms with Crippen LogP contribution >= 0.6 is 11.3 Å². The second-order valence-electron chi connectivity index (χ2n) is 4.99. The molecule has 0 unspecified atom stereocenters. The van der Waals surface area contributed by atoms with E-state index in [0.29, 0.717) is 21.2 Å². The summed E-state index contributed by atoms with van der Waals surface area (Å²) in [4.78, 5) is 29.1. The van der Waals surface area contributed by atoms with Gasteiger partial charge in [0, 0.05) is 12.0 Å². The minimum atomic E-state index is -0.799. The molecule has 0 spiro atoms. The number of carbonyl (C=O) groups is 2. The predicted molar refractivity (Wildman–Crippen MR) is 86.7 cm³/mol. The molecule has 1 atom stereocenters. The van der Waals surface area contributed by atoms with Crippen LogP contribution in [-0.4, -0.2) is 30.8 Å². The highest BCUT2D eigenvalue weighted by Gasteiger charge is 2.29. The van der Waals surface area contributed by atoms with Gasteiger partial charge in [0.2, 0.25) is 6.10 Å². The molecule has 0 aliphatic carbocycles. The Hall–Kier alpha value is -2.74. The molecule has 0 saturated carbocycles. The number of hydrogen-bond acceptors (Lipinski definition) is 6. The molecule has 6 nitrogen and oxygen atoms in total. The van der Waals surface area contributed by atoms with Crippen LogP contribution in [0.3, 0.4) is 0 Å². The molecule has 3 rings (SSSR count). The summed E-state index contributed by atoms with van der Waals surface area (Å²) in [5.41, 5.74) is 1.09. The zero-order valence-electron chi connectivity index (χ0n) is 12.6. The monoisotopic (exact) mass is 348 g/mol. The molecule has 1 amide bonds. The number of nitrogens with one attached hydrogen (secondary N) is 1. The zero-order valence-corrected chi connectivity index (χ0v) is 13.4. The van der Waals surface area contributed by atoms with E-state index in [1.54, 1.807) is 24.3 Å². The summed E-state index contributed by atoms with van der Waals surface area (Å²) >= 11 is 1.10. The number of hydrogen-bond donors (Lipinski definition) is 1. The molecule has 0 bridgehead atoms. The normalized spacial score (nSPS) is 16.2. The Morgan fingerprint density at radius 3 is 2.96 bits per heavy atom. The van der Waals surface area contributed by atoms with Crippen LogP contribution in [0.1, 0.15) is 21.7 Å². The highest BCUT2D eigenvalue weighted by Crippen LogP contribution is 2.24. The van der Waals surface area contributed by atoms with Crippen LogP contribution in [-0.2, 0) is 14.4 Å². The molecular weight excluding hydrogens is 335 g/mol. The first-order valence-electron chi connectivity index (χ1n) is 7.04. The fourth-order valence-corrected chi connectivity index (χ4v) is 3.00. The molecule has 8 heteroatoms. The maximum absolute atomic E-state index is 13.2. The minimum absolute atomic E-state index is 0.241. The van der Waals surface area contributed by atoms with Crippen LogP contribution in [0.25, 0.3) is 0 Å².